The minimum atomic E-state index is 0. The number of carbonyl (C=O) groups is 1. The number of amides is 1. The van der Waals surface area contributed by atoms with Gasteiger partial charge >= 0.3 is 0 Å². The van der Waals surface area contributed by atoms with Crippen LogP contribution in [0.4, 0.5) is 5.69 Å². The van der Waals surface area contributed by atoms with Gasteiger partial charge in [-0.25, -0.2) is 0 Å². The lowest BCUT2D eigenvalue weighted by Crippen LogP contribution is -2.43. The molecule has 0 radical (unpaired) electrons. The average Bonchev–Trinajstić information content (AvgIpc) is 3.28. The Labute approximate surface area is 220 Å². The van der Waals surface area contributed by atoms with Crippen LogP contribution in [0.3, 0.4) is 0 Å². The minimum Gasteiger partial charge on any atom is -0.352 e. The zero-order valence-electron chi connectivity index (χ0n) is 20.3. The maximum absolute atomic E-state index is 11.9. The lowest BCUT2D eigenvalue weighted by molar-refractivity contribution is -0.117. The molecule has 0 spiro atoms. The van der Waals surface area contributed by atoms with E-state index < -0.39 is 0 Å². The molecular formula is C26H37IN6O. The van der Waals surface area contributed by atoms with Crippen LogP contribution < -0.4 is 15.5 Å². The van der Waals surface area contributed by atoms with Crippen molar-refractivity contribution in [2.24, 2.45) is 4.99 Å². The summed E-state index contributed by atoms with van der Waals surface area (Å²) in [6.07, 6.45) is 1.60. The quantitative estimate of drug-likeness (QED) is 0.302. The van der Waals surface area contributed by atoms with Crippen LogP contribution in [0.1, 0.15) is 29.5 Å². The van der Waals surface area contributed by atoms with Crippen molar-refractivity contribution in [1.82, 2.24) is 20.4 Å². The van der Waals surface area contributed by atoms with Crippen LogP contribution >= 0.6 is 24.0 Å². The van der Waals surface area contributed by atoms with E-state index in [0.717, 1.165) is 69.4 Å². The number of likely N-dealkylation sites (N-methyl/N-ethyl adjacent to an activating group) is 1. The summed E-state index contributed by atoms with van der Waals surface area (Å²) in [5.41, 5.74) is 4.74. The third kappa shape index (κ3) is 7.41. The van der Waals surface area contributed by atoms with E-state index in [1.807, 2.05) is 17.0 Å². The van der Waals surface area contributed by atoms with Crippen molar-refractivity contribution in [3.8, 4) is 0 Å². The van der Waals surface area contributed by atoms with E-state index in [-0.39, 0.29) is 29.9 Å². The molecule has 2 fully saturated rings. The van der Waals surface area contributed by atoms with Crippen molar-refractivity contribution in [1.29, 1.82) is 0 Å². The maximum atomic E-state index is 11.9. The van der Waals surface area contributed by atoms with Gasteiger partial charge in [0.2, 0.25) is 5.91 Å². The zero-order valence-corrected chi connectivity index (χ0v) is 22.6. The van der Waals surface area contributed by atoms with Gasteiger partial charge in [0.1, 0.15) is 0 Å². The standard InChI is InChI=1S/C26H36N6O.HI/c1-27-26(29-19-22-9-11-24(12-10-22)32-13-3-4-25(32)33)28-18-21-5-7-23(8-6-21)20-31-16-14-30(2)15-17-31;/h5-12H,3-4,13-20H2,1-2H3,(H2,27,28,29);1H. The molecule has 7 nitrogen and oxygen atoms in total. The lowest BCUT2D eigenvalue weighted by atomic mass is 10.1. The van der Waals surface area contributed by atoms with Gasteiger partial charge in [-0.3, -0.25) is 14.7 Å². The highest BCUT2D eigenvalue weighted by Crippen LogP contribution is 2.21. The lowest BCUT2D eigenvalue weighted by Gasteiger charge is -2.32. The normalized spacial score (nSPS) is 17.5. The Morgan fingerprint density at radius 2 is 1.41 bits per heavy atom. The molecule has 0 atom stereocenters. The van der Waals surface area contributed by atoms with Gasteiger partial charge in [0.15, 0.2) is 5.96 Å². The second kappa shape index (κ2) is 13.1. The first-order valence-electron chi connectivity index (χ1n) is 11.9. The van der Waals surface area contributed by atoms with Crippen LogP contribution in [-0.2, 0) is 24.4 Å². The van der Waals surface area contributed by atoms with E-state index in [1.54, 1.807) is 7.05 Å². The number of rotatable bonds is 7. The molecule has 0 aliphatic carbocycles. The molecule has 0 unspecified atom stereocenters. The van der Waals surface area contributed by atoms with E-state index in [4.69, 9.17) is 0 Å². The fourth-order valence-electron chi connectivity index (χ4n) is 4.33. The van der Waals surface area contributed by atoms with Gasteiger partial charge in [-0.05, 0) is 42.3 Å². The molecule has 0 bridgehead atoms. The number of nitrogens with zero attached hydrogens (tertiary/aromatic N) is 4. The summed E-state index contributed by atoms with van der Waals surface area (Å²) >= 11 is 0. The Kier molecular flexibility index (Phi) is 10.2. The highest BCUT2D eigenvalue weighted by molar-refractivity contribution is 14.0. The summed E-state index contributed by atoms with van der Waals surface area (Å²) in [4.78, 5) is 23.0. The molecule has 184 valence electrons. The number of anilines is 1. The fourth-order valence-corrected chi connectivity index (χ4v) is 4.33. The predicted molar refractivity (Wildman–Crippen MR) is 150 cm³/mol. The van der Waals surface area contributed by atoms with Gasteiger partial charge in [0, 0.05) is 71.5 Å². The monoisotopic (exact) mass is 576 g/mol. The maximum Gasteiger partial charge on any atom is 0.227 e. The Bertz CT molecular complexity index is 939. The second-order valence-corrected chi connectivity index (χ2v) is 8.99. The molecule has 2 heterocycles. The summed E-state index contributed by atoms with van der Waals surface area (Å²) in [7, 11) is 3.98. The van der Waals surface area contributed by atoms with Crippen molar-refractivity contribution in [3.05, 3.63) is 65.2 Å². The Hall–Kier alpha value is -2.17. The van der Waals surface area contributed by atoms with Gasteiger partial charge in [-0.1, -0.05) is 36.4 Å². The van der Waals surface area contributed by atoms with E-state index in [2.05, 4.69) is 68.9 Å². The third-order valence-electron chi connectivity index (χ3n) is 6.49. The average molecular weight is 577 g/mol. The number of carbonyl (C=O) groups excluding carboxylic acids is 1. The smallest absolute Gasteiger partial charge is 0.227 e. The molecule has 2 aliphatic heterocycles. The van der Waals surface area contributed by atoms with Crippen LogP contribution in [0, 0.1) is 0 Å². The van der Waals surface area contributed by atoms with Crippen LogP contribution in [-0.4, -0.2) is 68.5 Å². The molecule has 34 heavy (non-hydrogen) atoms. The molecular weight excluding hydrogens is 539 g/mol. The largest absolute Gasteiger partial charge is 0.352 e. The van der Waals surface area contributed by atoms with Crippen LogP contribution in [0.2, 0.25) is 0 Å². The van der Waals surface area contributed by atoms with Crippen molar-refractivity contribution >= 4 is 41.5 Å². The number of piperazine rings is 1. The molecule has 8 heteroatoms. The number of hydrogen-bond donors (Lipinski definition) is 2. The van der Waals surface area contributed by atoms with E-state index in [9.17, 15) is 4.79 Å². The van der Waals surface area contributed by atoms with E-state index in [0.29, 0.717) is 13.0 Å². The predicted octanol–water partition coefficient (Wildman–Crippen LogP) is 3.04. The van der Waals surface area contributed by atoms with Gasteiger partial charge in [0.05, 0.1) is 0 Å². The summed E-state index contributed by atoms with van der Waals surface area (Å²) in [6.45, 7) is 7.83. The summed E-state index contributed by atoms with van der Waals surface area (Å²) < 4.78 is 0. The van der Waals surface area contributed by atoms with Crippen molar-refractivity contribution < 1.29 is 4.79 Å². The molecule has 4 rings (SSSR count). The Balaban J connectivity index is 0.00000324. The number of hydrogen-bond acceptors (Lipinski definition) is 4. The van der Waals surface area contributed by atoms with E-state index >= 15 is 0 Å². The van der Waals surface area contributed by atoms with Gasteiger partial charge < -0.3 is 20.4 Å². The zero-order chi connectivity index (χ0) is 23.0. The fraction of sp³-hybridized carbons (Fsp3) is 0.462. The first-order valence-corrected chi connectivity index (χ1v) is 11.9. The molecule has 0 saturated carbocycles. The molecule has 0 aromatic heterocycles. The van der Waals surface area contributed by atoms with Crippen molar-refractivity contribution in [2.45, 2.75) is 32.5 Å². The van der Waals surface area contributed by atoms with Gasteiger partial charge in [-0.2, -0.15) is 0 Å². The summed E-state index contributed by atoms with van der Waals surface area (Å²) in [6, 6.07) is 17.1. The summed E-state index contributed by atoms with van der Waals surface area (Å²) in [5.74, 6) is 0.994. The van der Waals surface area contributed by atoms with Crippen molar-refractivity contribution in [2.75, 3.05) is 51.7 Å². The number of benzene rings is 2. The van der Waals surface area contributed by atoms with Crippen LogP contribution in [0.15, 0.2) is 53.5 Å². The first kappa shape index (κ1) is 26.4. The molecule has 2 aliphatic rings. The molecule has 2 aromatic rings. The van der Waals surface area contributed by atoms with Crippen LogP contribution in [0.25, 0.3) is 0 Å². The summed E-state index contributed by atoms with van der Waals surface area (Å²) in [5, 5.41) is 6.76. The number of nitrogens with one attached hydrogen (secondary N) is 2. The number of halogens is 1. The SMILES string of the molecule is CN=C(NCc1ccc(CN2CCN(C)CC2)cc1)NCc1ccc(N2CCCC2=O)cc1.I. The van der Waals surface area contributed by atoms with Gasteiger partial charge in [0.25, 0.3) is 0 Å². The topological polar surface area (TPSA) is 63.2 Å². The Morgan fingerprint density at radius 1 is 0.853 bits per heavy atom. The van der Waals surface area contributed by atoms with Gasteiger partial charge in [-0.15, -0.1) is 24.0 Å². The molecule has 1 amide bonds. The molecule has 2 N–H and O–H groups in total. The highest BCUT2D eigenvalue weighted by atomic mass is 127. The molecule has 2 saturated heterocycles. The van der Waals surface area contributed by atoms with E-state index in [1.165, 1.54) is 11.1 Å². The number of aliphatic imine (C=N–C) groups is 1. The third-order valence-corrected chi connectivity index (χ3v) is 6.49. The molecule has 2 aromatic carbocycles. The van der Waals surface area contributed by atoms with Crippen molar-refractivity contribution in [3.63, 3.8) is 0 Å². The van der Waals surface area contributed by atoms with Crippen LogP contribution in [0.5, 0.6) is 0 Å². The highest BCUT2D eigenvalue weighted by Gasteiger charge is 2.21. The second-order valence-electron chi connectivity index (χ2n) is 8.99. The minimum absolute atomic E-state index is 0. The Morgan fingerprint density at radius 3 is 1.94 bits per heavy atom. The number of guanidine groups is 1. The first-order chi connectivity index (χ1) is 16.1.